The van der Waals surface area contributed by atoms with Crippen LogP contribution in [0.3, 0.4) is 0 Å². The molecule has 2 aromatic rings. The summed E-state index contributed by atoms with van der Waals surface area (Å²) in [6.45, 7) is 3.57. The van der Waals surface area contributed by atoms with Gasteiger partial charge in [-0.05, 0) is 31.2 Å². The van der Waals surface area contributed by atoms with E-state index in [1.54, 1.807) is 11.8 Å². The van der Waals surface area contributed by atoms with E-state index in [2.05, 4.69) is 10.2 Å². The minimum atomic E-state index is 0.105. The summed E-state index contributed by atoms with van der Waals surface area (Å²) in [5.41, 5.74) is 1.95. The lowest BCUT2D eigenvalue weighted by atomic mass is 10.3. The molecule has 2 heterocycles. The van der Waals surface area contributed by atoms with Crippen molar-refractivity contribution >= 4 is 34.6 Å². The summed E-state index contributed by atoms with van der Waals surface area (Å²) in [5, 5.41) is 3.03. The number of carbonyl (C=O) groups is 2. The molecule has 8 heteroatoms. The third-order valence-corrected chi connectivity index (χ3v) is 5.88. The normalized spacial score (nSPS) is 17.8. The second-order valence-electron chi connectivity index (χ2n) is 7.53. The van der Waals surface area contributed by atoms with Crippen LogP contribution in [-0.4, -0.2) is 76.2 Å². The molecule has 1 saturated carbocycles. The molecule has 0 radical (unpaired) electrons. The lowest BCUT2D eigenvalue weighted by Gasteiger charge is -2.34. The predicted molar refractivity (Wildman–Crippen MR) is 111 cm³/mol. The van der Waals surface area contributed by atoms with Crippen LogP contribution in [-0.2, 0) is 21.9 Å². The van der Waals surface area contributed by atoms with Gasteiger partial charge in [-0.2, -0.15) is 11.8 Å². The van der Waals surface area contributed by atoms with E-state index in [4.69, 9.17) is 4.98 Å². The molecule has 0 spiro atoms. The molecule has 2 amide bonds. The van der Waals surface area contributed by atoms with E-state index in [1.165, 1.54) is 0 Å². The van der Waals surface area contributed by atoms with Crippen molar-refractivity contribution in [2.24, 2.45) is 0 Å². The Morgan fingerprint density at radius 1 is 1.14 bits per heavy atom. The summed E-state index contributed by atoms with van der Waals surface area (Å²) in [5.74, 6) is 1.95. The average Bonchev–Trinajstić information content (AvgIpc) is 3.44. The summed E-state index contributed by atoms with van der Waals surface area (Å²) >= 11 is 1.71. The molecule has 1 aliphatic carbocycles. The Labute approximate surface area is 169 Å². The van der Waals surface area contributed by atoms with Crippen LogP contribution in [0.4, 0.5) is 0 Å². The Morgan fingerprint density at radius 3 is 2.61 bits per heavy atom. The fraction of sp³-hybridized carbons (Fsp3) is 0.550. The number of amides is 2. The zero-order chi connectivity index (χ0) is 19.5. The van der Waals surface area contributed by atoms with Crippen LogP contribution < -0.4 is 5.32 Å². The van der Waals surface area contributed by atoms with Gasteiger partial charge in [0.25, 0.3) is 0 Å². The number of nitrogens with one attached hydrogen (secondary N) is 1. The van der Waals surface area contributed by atoms with Gasteiger partial charge in [-0.25, -0.2) is 4.98 Å². The minimum Gasteiger partial charge on any atom is -0.352 e. The molecule has 28 heavy (non-hydrogen) atoms. The largest absolute Gasteiger partial charge is 0.352 e. The molecule has 1 N–H and O–H groups in total. The Kier molecular flexibility index (Phi) is 5.87. The number of carbonyl (C=O) groups excluding carboxylic acids is 2. The molecule has 150 valence electrons. The fourth-order valence-corrected chi connectivity index (χ4v) is 4.11. The topological polar surface area (TPSA) is 70.5 Å². The fourth-order valence-electron chi connectivity index (χ4n) is 3.64. The van der Waals surface area contributed by atoms with E-state index in [0.29, 0.717) is 32.2 Å². The molecule has 7 nitrogen and oxygen atoms in total. The Morgan fingerprint density at radius 2 is 1.89 bits per heavy atom. The molecule has 0 atom stereocenters. The first-order valence-electron chi connectivity index (χ1n) is 9.86. The van der Waals surface area contributed by atoms with Crippen LogP contribution >= 0.6 is 11.8 Å². The number of thioether (sulfide) groups is 1. The number of hydrogen-bond donors (Lipinski definition) is 1. The van der Waals surface area contributed by atoms with Crippen LogP contribution in [0.5, 0.6) is 0 Å². The summed E-state index contributed by atoms with van der Waals surface area (Å²) in [6.07, 6.45) is 4.26. The average molecular weight is 402 g/mol. The van der Waals surface area contributed by atoms with E-state index in [1.807, 2.05) is 40.0 Å². The summed E-state index contributed by atoms with van der Waals surface area (Å²) in [6, 6.07) is 8.37. The van der Waals surface area contributed by atoms with Gasteiger partial charge < -0.3 is 14.8 Å². The van der Waals surface area contributed by atoms with Crippen molar-refractivity contribution in [1.82, 2.24) is 24.7 Å². The lowest BCUT2D eigenvalue weighted by molar-refractivity contribution is -0.133. The van der Waals surface area contributed by atoms with Crippen LogP contribution in [0.25, 0.3) is 11.0 Å². The SMILES string of the molecule is CSCc1nc2ccccc2n1CC(=O)N1CCN(CC(=O)NC2CC2)CC1. The number of piperazine rings is 1. The van der Waals surface area contributed by atoms with Crippen molar-refractivity contribution in [2.75, 3.05) is 39.0 Å². The third-order valence-electron chi connectivity index (χ3n) is 5.34. The van der Waals surface area contributed by atoms with Crippen molar-refractivity contribution in [3.8, 4) is 0 Å². The molecule has 1 aromatic heterocycles. The standard InChI is InChI=1S/C20H27N5O2S/c1-28-14-18-22-16-4-2-3-5-17(16)25(18)13-20(27)24-10-8-23(9-11-24)12-19(26)21-15-6-7-15/h2-5,15H,6-14H2,1H3,(H,21,26). The summed E-state index contributed by atoms with van der Waals surface area (Å²) in [7, 11) is 0. The van der Waals surface area contributed by atoms with Gasteiger partial charge in [-0.3, -0.25) is 14.5 Å². The first-order valence-corrected chi connectivity index (χ1v) is 11.3. The van der Waals surface area contributed by atoms with Crippen LogP contribution in [0.2, 0.25) is 0 Å². The van der Waals surface area contributed by atoms with Crippen molar-refractivity contribution < 1.29 is 9.59 Å². The molecule has 1 aromatic carbocycles. The molecule has 2 fully saturated rings. The first kappa shape index (κ1) is 19.3. The van der Waals surface area contributed by atoms with E-state index in [-0.39, 0.29) is 11.8 Å². The van der Waals surface area contributed by atoms with E-state index in [9.17, 15) is 9.59 Å². The maximum atomic E-state index is 12.9. The van der Waals surface area contributed by atoms with Gasteiger partial charge >= 0.3 is 0 Å². The van der Waals surface area contributed by atoms with Gasteiger partial charge in [0.15, 0.2) is 0 Å². The maximum absolute atomic E-state index is 12.9. The summed E-state index contributed by atoms with van der Waals surface area (Å²) in [4.78, 5) is 33.6. The smallest absolute Gasteiger partial charge is 0.242 e. The quantitative estimate of drug-likeness (QED) is 0.758. The molecule has 0 unspecified atom stereocenters. The van der Waals surface area contributed by atoms with E-state index in [0.717, 1.165) is 48.5 Å². The number of imidazole rings is 1. The monoisotopic (exact) mass is 401 g/mol. The molecule has 1 aliphatic heterocycles. The van der Waals surface area contributed by atoms with Crippen molar-refractivity contribution in [3.63, 3.8) is 0 Å². The predicted octanol–water partition coefficient (Wildman–Crippen LogP) is 1.32. The van der Waals surface area contributed by atoms with E-state index < -0.39 is 0 Å². The highest BCUT2D eigenvalue weighted by Gasteiger charge is 2.26. The molecule has 0 bridgehead atoms. The Bertz CT molecular complexity index is 855. The molecule has 2 aliphatic rings. The van der Waals surface area contributed by atoms with Gasteiger partial charge in [-0.15, -0.1) is 0 Å². The highest BCUT2D eigenvalue weighted by molar-refractivity contribution is 7.97. The Balaban J connectivity index is 1.35. The molecule has 1 saturated heterocycles. The van der Waals surface area contributed by atoms with E-state index >= 15 is 0 Å². The van der Waals surface area contributed by atoms with Crippen LogP contribution in [0, 0.1) is 0 Å². The molecule has 4 rings (SSSR count). The lowest BCUT2D eigenvalue weighted by Crippen LogP contribution is -2.51. The first-order chi connectivity index (χ1) is 13.6. The van der Waals surface area contributed by atoms with Crippen LogP contribution in [0.15, 0.2) is 24.3 Å². The minimum absolute atomic E-state index is 0.105. The van der Waals surface area contributed by atoms with Gasteiger partial charge in [0, 0.05) is 32.2 Å². The number of benzene rings is 1. The van der Waals surface area contributed by atoms with Crippen molar-refractivity contribution in [1.29, 1.82) is 0 Å². The number of nitrogens with zero attached hydrogens (tertiary/aromatic N) is 4. The van der Waals surface area contributed by atoms with Gasteiger partial charge in [-0.1, -0.05) is 12.1 Å². The zero-order valence-corrected chi connectivity index (χ0v) is 17.1. The van der Waals surface area contributed by atoms with Crippen LogP contribution in [0.1, 0.15) is 18.7 Å². The highest BCUT2D eigenvalue weighted by Crippen LogP contribution is 2.20. The van der Waals surface area contributed by atoms with Crippen molar-refractivity contribution in [2.45, 2.75) is 31.2 Å². The Hall–Kier alpha value is -2.06. The maximum Gasteiger partial charge on any atom is 0.242 e. The van der Waals surface area contributed by atoms with Gasteiger partial charge in [0.05, 0.1) is 23.3 Å². The number of hydrogen-bond acceptors (Lipinski definition) is 5. The summed E-state index contributed by atoms with van der Waals surface area (Å²) < 4.78 is 2.05. The second kappa shape index (κ2) is 8.53. The number of aromatic nitrogens is 2. The van der Waals surface area contributed by atoms with Gasteiger partial charge in [0.2, 0.25) is 11.8 Å². The number of rotatable bonds is 7. The zero-order valence-electron chi connectivity index (χ0n) is 16.3. The molecular formula is C20H27N5O2S. The highest BCUT2D eigenvalue weighted by atomic mass is 32.2. The number of para-hydroxylation sites is 2. The third kappa shape index (κ3) is 4.50. The number of fused-ring (bicyclic) bond motifs is 1. The van der Waals surface area contributed by atoms with Crippen molar-refractivity contribution in [3.05, 3.63) is 30.1 Å². The van der Waals surface area contributed by atoms with Gasteiger partial charge in [0.1, 0.15) is 12.4 Å². The second-order valence-corrected chi connectivity index (χ2v) is 8.40. The molecular weight excluding hydrogens is 374 g/mol.